The summed E-state index contributed by atoms with van der Waals surface area (Å²) in [5.74, 6) is 0.530. The summed E-state index contributed by atoms with van der Waals surface area (Å²) in [4.78, 5) is 32.7. The Morgan fingerprint density at radius 3 is 2.32 bits per heavy atom. The summed E-state index contributed by atoms with van der Waals surface area (Å²) >= 11 is 0. The van der Waals surface area contributed by atoms with E-state index in [0.717, 1.165) is 24.5 Å². The Hall–Kier alpha value is -2.96. The molecule has 0 saturated carbocycles. The van der Waals surface area contributed by atoms with Crippen molar-refractivity contribution in [2.24, 2.45) is 5.92 Å². The van der Waals surface area contributed by atoms with E-state index in [0.29, 0.717) is 18.8 Å². The lowest BCUT2D eigenvalue weighted by molar-refractivity contribution is -0.134. The maximum atomic E-state index is 12.9. The number of halogens is 1. The minimum atomic E-state index is -0.321. The number of piperazine rings is 1. The summed E-state index contributed by atoms with van der Waals surface area (Å²) < 4.78 is 12.9. The zero-order valence-electron chi connectivity index (χ0n) is 16.2. The largest absolute Gasteiger partial charge is 0.353 e. The number of amides is 2. The van der Waals surface area contributed by atoms with E-state index in [-0.39, 0.29) is 30.0 Å². The summed E-state index contributed by atoms with van der Waals surface area (Å²) in [6.45, 7) is 6.69. The number of aromatic nitrogens is 1. The molecule has 3 rings (SSSR count). The fraction of sp³-hybridized carbons (Fsp3) is 0.381. The van der Waals surface area contributed by atoms with Gasteiger partial charge in [-0.3, -0.25) is 9.59 Å². The molecule has 28 heavy (non-hydrogen) atoms. The number of hydrogen-bond donors (Lipinski definition) is 1. The van der Waals surface area contributed by atoms with Gasteiger partial charge in [0, 0.05) is 32.1 Å². The summed E-state index contributed by atoms with van der Waals surface area (Å²) in [7, 11) is 0. The van der Waals surface area contributed by atoms with Crippen LogP contribution in [0.15, 0.2) is 42.6 Å². The number of nitrogens with zero attached hydrogens (tertiary/aromatic N) is 3. The van der Waals surface area contributed by atoms with Crippen LogP contribution in [0, 0.1) is 11.7 Å². The first-order valence-corrected chi connectivity index (χ1v) is 9.46. The smallest absolute Gasteiger partial charge is 0.228 e. The van der Waals surface area contributed by atoms with Crippen LogP contribution >= 0.6 is 0 Å². The van der Waals surface area contributed by atoms with E-state index in [2.05, 4.69) is 15.2 Å². The molecule has 1 aliphatic rings. The number of hydrogen-bond acceptors (Lipinski definition) is 4. The van der Waals surface area contributed by atoms with Gasteiger partial charge in [-0.25, -0.2) is 9.37 Å². The molecule has 1 aromatic carbocycles. The Kier molecular flexibility index (Phi) is 6.23. The molecule has 0 spiro atoms. The van der Waals surface area contributed by atoms with Crippen LogP contribution in [0.4, 0.5) is 15.9 Å². The van der Waals surface area contributed by atoms with E-state index in [1.165, 1.54) is 12.1 Å². The molecule has 6 nitrogen and oxygen atoms in total. The summed E-state index contributed by atoms with van der Waals surface area (Å²) in [5, 5.41) is 2.80. The molecule has 0 bridgehead atoms. The lowest BCUT2D eigenvalue weighted by Gasteiger charge is -2.36. The molecule has 2 aromatic rings. The Balaban J connectivity index is 1.52. The van der Waals surface area contributed by atoms with Crippen LogP contribution in [0.1, 0.15) is 19.4 Å². The number of rotatable bonds is 5. The van der Waals surface area contributed by atoms with E-state index in [9.17, 15) is 14.0 Å². The van der Waals surface area contributed by atoms with Gasteiger partial charge in [-0.1, -0.05) is 26.0 Å². The second-order valence-electron chi connectivity index (χ2n) is 7.22. The van der Waals surface area contributed by atoms with Gasteiger partial charge in [-0.2, -0.15) is 0 Å². The van der Waals surface area contributed by atoms with E-state index in [1.54, 1.807) is 18.3 Å². The van der Waals surface area contributed by atoms with Gasteiger partial charge in [0.2, 0.25) is 11.8 Å². The lowest BCUT2D eigenvalue weighted by atomic mass is 10.1. The maximum Gasteiger partial charge on any atom is 0.228 e. The van der Waals surface area contributed by atoms with Crippen LogP contribution in [0.25, 0.3) is 0 Å². The highest BCUT2D eigenvalue weighted by Gasteiger charge is 2.23. The molecule has 2 heterocycles. The van der Waals surface area contributed by atoms with E-state index >= 15 is 0 Å². The molecule has 1 N–H and O–H groups in total. The topological polar surface area (TPSA) is 65.5 Å². The number of carbonyl (C=O) groups is 2. The van der Waals surface area contributed by atoms with Crippen molar-refractivity contribution >= 4 is 23.3 Å². The molecule has 2 amide bonds. The summed E-state index contributed by atoms with van der Waals surface area (Å²) in [6.07, 6.45) is 1.80. The molecular formula is C21H25FN4O2. The second kappa shape index (κ2) is 8.82. The van der Waals surface area contributed by atoms with Crippen LogP contribution in [0.2, 0.25) is 0 Å². The Morgan fingerprint density at radius 1 is 1.07 bits per heavy atom. The first-order valence-electron chi connectivity index (χ1n) is 9.46. The number of nitrogens with one attached hydrogen (secondary N) is 1. The van der Waals surface area contributed by atoms with Crippen molar-refractivity contribution in [1.82, 2.24) is 9.88 Å². The molecule has 1 aromatic heterocycles. The zero-order chi connectivity index (χ0) is 20.1. The number of carbonyl (C=O) groups excluding carboxylic acids is 2. The molecular weight excluding hydrogens is 359 g/mol. The van der Waals surface area contributed by atoms with Crippen molar-refractivity contribution in [3.05, 3.63) is 54.0 Å². The average molecular weight is 384 g/mol. The molecule has 7 heteroatoms. The highest BCUT2D eigenvalue weighted by molar-refractivity contribution is 5.92. The molecule has 0 aliphatic carbocycles. The van der Waals surface area contributed by atoms with E-state index < -0.39 is 0 Å². The van der Waals surface area contributed by atoms with E-state index in [1.807, 2.05) is 30.9 Å². The van der Waals surface area contributed by atoms with Crippen molar-refractivity contribution in [2.45, 2.75) is 20.3 Å². The monoisotopic (exact) mass is 384 g/mol. The second-order valence-corrected chi connectivity index (χ2v) is 7.22. The Labute approximate surface area is 164 Å². The SMILES string of the molecule is CC(C)C(=O)N1CCN(c2ccc(NC(=O)Cc3ccc(F)cc3)cn2)CC1. The minimum absolute atomic E-state index is 0.0162. The van der Waals surface area contributed by atoms with Crippen molar-refractivity contribution in [3.8, 4) is 0 Å². The van der Waals surface area contributed by atoms with Crippen molar-refractivity contribution < 1.29 is 14.0 Å². The first kappa shape index (κ1) is 19.8. The molecule has 1 aliphatic heterocycles. The number of benzene rings is 1. The van der Waals surface area contributed by atoms with Gasteiger partial charge in [0.25, 0.3) is 0 Å². The van der Waals surface area contributed by atoms with Gasteiger partial charge in [0.05, 0.1) is 18.3 Å². The van der Waals surface area contributed by atoms with Gasteiger partial charge in [0.15, 0.2) is 0 Å². The fourth-order valence-electron chi connectivity index (χ4n) is 3.16. The van der Waals surface area contributed by atoms with Crippen molar-refractivity contribution in [3.63, 3.8) is 0 Å². The minimum Gasteiger partial charge on any atom is -0.353 e. The van der Waals surface area contributed by atoms with Gasteiger partial charge < -0.3 is 15.1 Å². The third-order valence-corrected chi connectivity index (χ3v) is 4.72. The van der Waals surface area contributed by atoms with Crippen LogP contribution in [0.5, 0.6) is 0 Å². The quantitative estimate of drug-likeness (QED) is 0.861. The van der Waals surface area contributed by atoms with Crippen molar-refractivity contribution in [2.75, 3.05) is 36.4 Å². The van der Waals surface area contributed by atoms with Gasteiger partial charge in [0.1, 0.15) is 11.6 Å². The molecule has 0 radical (unpaired) electrons. The van der Waals surface area contributed by atoms with Crippen LogP contribution in [0.3, 0.4) is 0 Å². The normalized spacial score (nSPS) is 14.3. The molecule has 0 unspecified atom stereocenters. The number of pyridine rings is 1. The third-order valence-electron chi connectivity index (χ3n) is 4.72. The van der Waals surface area contributed by atoms with Crippen LogP contribution < -0.4 is 10.2 Å². The predicted octanol–water partition coefficient (Wildman–Crippen LogP) is 2.71. The van der Waals surface area contributed by atoms with Gasteiger partial charge in [-0.15, -0.1) is 0 Å². The zero-order valence-corrected chi connectivity index (χ0v) is 16.2. The molecule has 1 saturated heterocycles. The third kappa shape index (κ3) is 5.06. The molecule has 0 atom stereocenters. The standard InChI is InChI=1S/C21H25FN4O2/c1-15(2)21(28)26-11-9-25(10-12-26)19-8-7-18(14-23-19)24-20(27)13-16-3-5-17(22)6-4-16/h3-8,14-15H,9-13H2,1-2H3,(H,24,27). The van der Waals surface area contributed by atoms with Crippen LogP contribution in [-0.4, -0.2) is 47.9 Å². The molecule has 1 fully saturated rings. The first-order chi connectivity index (χ1) is 13.4. The maximum absolute atomic E-state index is 12.9. The Morgan fingerprint density at radius 2 is 1.75 bits per heavy atom. The van der Waals surface area contributed by atoms with Gasteiger partial charge >= 0.3 is 0 Å². The van der Waals surface area contributed by atoms with Crippen molar-refractivity contribution in [1.29, 1.82) is 0 Å². The summed E-state index contributed by atoms with van der Waals surface area (Å²) in [6, 6.07) is 9.56. The van der Waals surface area contributed by atoms with Gasteiger partial charge in [-0.05, 0) is 29.8 Å². The summed E-state index contributed by atoms with van der Waals surface area (Å²) in [5.41, 5.74) is 1.36. The highest BCUT2D eigenvalue weighted by atomic mass is 19.1. The molecule has 148 valence electrons. The van der Waals surface area contributed by atoms with E-state index in [4.69, 9.17) is 0 Å². The Bertz CT molecular complexity index is 813. The predicted molar refractivity (Wildman–Crippen MR) is 107 cm³/mol. The fourth-order valence-corrected chi connectivity index (χ4v) is 3.16. The highest BCUT2D eigenvalue weighted by Crippen LogP contribution is 2.17. The number of anilines is 2. The lowest BCUT2D eigenvalue weighted by Crippen LogP contribution is -2.50. The van der Waals surface area contributed by atoms with Crippen LogP contribution in [-0.2, 0) is 16.0 Å². The average Bonchev–Trinajstić information content (AvgIpc) is 2.70.